The van der Waals surface area contributed by atoms with Gasteiger partial charge in [-0.25, -0.2) is 13.8 Å². The smallest absolute Gasteiger partial charge is 0.261 e. The highest BCUT2D eigenvalue weighted by Crippen LogP contribution is 2.37. The standard InChI is InChI=1S/C32H24F2N6O5/c1-39-15-21(14-37-39)40-16-23(18-4-6-19(33)7-5-18)30(41)24(17-40)31(42)38-20-10-25(34)32(36-13-20)45-27-8-9-35-26-12-29(44-3)28(43-2)11-22(26)27/h4-17H,1-3H3,(H,38,42). The summed E-state index contributed by atoms with van der Waals surface area (Å²) in [5.41, 5.74) is 0.785. The average Bonchev–Trinajstić information content (AvgIpc) is 3.48. The molecule has 0 spiro atoms. The van der Waals surface area contributed by atoms with Gasteiger partial charge in [-0.1, -0.05) is 12.1 Å². The molecule has 0 bridgehead atoms. The summed E-state index contributed by atoms with van der Waals surface area (Å²) in [5, 5.41) is 7.20. The molecule has 0 unspecified atom stereocenters. The van der Waals surface area contributed by atoms with Gasteiger partial charge < -0.3 is 24.1 Å². The number of anilines is 1. The van der Waals surface area contributed by atoms with Gasteiger partial charge in [0.15, 0.2) is 17.3 Å². The van der Waals surface area contributed by atoms with Crippen molar-refractivity contribution in [3.8, 4) is 39.9 Å². The zero-order valence-corrected chi connectivity index (χ0v) is 24.1. The lowest BCUT2D eigenvalue weighted by Crippen LogP contribution is -2.24. The summed E-state index contributed by atoms with van der Waals surface area (Å²) < 4.78 is 48.4. The Morgan fingerprint density at radius 3 is 2.33 bits per heavy atom. The molecule has 2 aromatic carbocycles. The number of methoxy groups -OCH3 is 2. The van der Waals surface area contributed by atoms with Crippen LogP contribution in [0, 0.1) is 11.6 Å². The molecule has 0 fully saturated rings. The highest BCUT2D eigenvalue weighted by Gasteiger charge is 2.19. The number of carbonyl (C=O) groups excluding carboxylic acids is 1. The number of hydrogen-bond donors (Lipinski definition) is 1. The lowest BCUT2D eigenvalue weighted by Gasteiger charge is -2.13. The van der Waals surface area contributed by atoms with Gasteiger partial charge in [0, 0.05) is 54.9 Å². The maximum Gasteiger partial charge on any atom is 0.261 e. The van der Waals surface area contributed by atoms with Gasteiger partial charge in [0.1, 0.15) is 17.1 Å². The Labute approximate surface area is 254 Å². The molecule has 1 amide bonds. The Morgan fingerprint density at radius 2 is 1.64 bits per heavy atom. The first-order chi connectivity index (χ1) is 21.7. The van der Waals surface area contributed by atoms with E-state index in [1.807, 2.05) is 0 Å². The number of halogens is 2. The van der Waals surface area contributed by atoms with E-state index in [1.165, 1.54) is 63.3 Å². The minimum Gasteiger partial charge on any atom is -0.493 e. The maximum atomic E-state index is 15.2. The second-order valence-corrected chi connectivity index (χ2v) is 9.80. The van der Waals surface area contributed by atoms with E-state index in [0.29, 0.717) is 33.7 Å². The summed E-state index contributed by atoms with van der Waals surface area (Å²) in [6.45, 7) is 0. The van der Waals surface area contributed by atoms with Gasteiger partial charge >= 0.3 is 0 Å². The molecule has 0 radical (unpaired) electrons. The Morgan fingerprint density at radius 1 is 0.889 bits per heavy atom. The average molecular weight is 611 g/mol. The molecule has 4 heterocycles. The van der Waals surface area contributed by atoms with Gasteiger partial charge in [-0.2, -0.15) is 5.10 Å². The Kier molecular flexibility index (Phi) is 7.65. The van der Waals surface area contributed by atoms with Crippen molar-refractivity contribution in [3.63, 3.8) is 0 Å². The van der Waals surface area contributed by atoms with Crippen LogP contribution in [0.4, 0.5) is 14.5 Å². The second kappa shape index (κ2) is 11.9. The summed E-state index contributed by atoms with van der Waals surface area (Å²) >= 11 is 0. The van der Waals surface area contributed by atoms with Crippen molar-refractivity contribution in [1.29, 1.82) is 0 Å². The fourth-order valence-electron chi connectivity index (χ4n) is 4.67. The van der Waals surface area contributed by atoms with Gasteiger partial charge in [0.2, 0.25) is 5.43 Å². The van der Waals surface area contributed by atoms with Crippen LogP contribution in [0.1, 0.15) is 10.4 Å². The molecule has 11 nitrogen and oxygen atoms in total. The molecule has 0 saturated heterocycles. The van der Waals surface area contributed by atoms with E-state index in [2.05, 4.69) is 20.4 Å². The van der Waals surface area contributed by atoms with E-state index in [9.17, 15) is 14.0 Å². The fraction of sp³-hybridized carbons (Fsp3) is 0.0938. The summed E-state index contributed by atoms with van der Waals surface area (Å²) in [5.74, 6) is -1.34. The quantitative estimate of drug-likeness (QED) is 0.239. The number of ether oxygens (including phenoxy) is 3. The van der Waals surface area contributed by atoms with Crippen LogP contribution in [-0.4, -0.2) is 44.4 Å². The largest absolute Gasteiger partial charge is 0.493 e. The minimum absolute atomic E-state index is 0.0182. The van der Waals surface area contributed by atoms with E-state index in [0.717, 1.165) is 6.07 Å². The van der Waals surface area contributed by atoms with Crippen molar-refractivity contribution in [2.45, 2.75) is 0 Å². The van der Waals surface area contributed by atoms with Crippen molar-refractivity contribution < 1.29 is 27.8 Å². The molecular weight excluding hydrogens is 586 g/mol. The van der Waals surface area contributed by atoms with Crippen molar-refractivity contribution in [3.05, 3.63) is 113 Å². The molecule has 226 valence electrons. The van der Waals surface area contributed by atoms with Crippen LogP contribution in [0.2, 0.25) is 0 Å². The molecule has 0 saturated carbocycles. The fourth-order valence-corrected chi connectivity index (χ4v) is 4.67. The number of fused-ring (bicyclic) bond motifs is 1. The molecule has 0 aliphatic rings. The molecule has 6 rings (SSSR count). The van der Waals surface area contributed by atoms with Crippen LogP contribution in [0.3, 0.4) is 0 Å². The number of aromatic nitrogens is 5. The van der Waals surface area contributed by atoms with Crippen molar-refractivity contribution >= 4 is 22.5 Å². The molecule has 0 aliphatic carbocycles. The van der Waals surface area contributed by atoms with E-state index in [4.69, 9.17) is 14.2 Å². The molecule has 4 aromatic heterocycles. The summed E-state index contributed by atoms with van der Waals surface area (Å²) in [6, 6.07) is 11.2. The van der Waals surface area contributed by atoms with Crippen molar-refractivity contribution in [2.75, 3.05) is 19.5 Å². The Hall–Kier alpha value is -6.11. The van der Waals surface area contributed by atoms with Gasteiger partial charge in [-0.05, 0) is 29.8 Å². The highest BCUT2D eigenvalue weighted by molar-refractivity contribution is 6.04. The molecule has 13 heteroatoms. The van der Waals surface area contributed by atoms with Crippen LogP contribution in [0.5, 0.6) is 23.1 Å². The van der Waals surface area contributed by atoms with Crippen molar-refractivity contribution in [2.24, 2.45) is 7.05 Å². The topological polar surface area (TPSA) is 122 Å². The number of amides is 1. The van der Waals surface area contributed by atoms with Crippen LogP contribution < -0.4 is 25.0 Å². The molecule has 0 aliphatic heterocycles. The van der Waals surface area contributed by atoms with Gasteiger partial charge in [-0.15, -0.1) is 0 Å². The minimum atomic E-state index is -0.869. The first-order valence-corrected chi connectivity index (χ1v) is 13.4. The molecule has 0 atom stereocenters. The van der Waals surface area contributed by atoms with Crippen LogP contribution in [-0.2, 0) is 7.05 Å². The van der Waals surface area contributed by atoms with Crippen LogP contribution in [0.15, 0.2) is 90.5 Å². The predicted molar refractivity (Wildman–Crippen MR) is 161 cm³/mol. The first-order valence-electron chi connectivity index (χ1n) is 13.4. The first kappa shape index (κ1) is 29.0. The monoisotopic (exact) mass is 610 g/mol. The van der Waals surface area contributed by atoms with E-state index >= 15 is 4.39 Å². The van der Waals surface area contributed by atoms with E-state index < -0.39 is 23.0 Å². The van der Waals surface area contributed by atoms with Gasteiger partial charge in [0.05, 0.1) is 43.5 Å². The number of nitrogens with one attached hydrogen (secondary N) is 1. The van der Waals surface area contributed by atoms with Crippen LogP contribution >= 0.6 is 0 Å². The number of rotatable bonds is 8. The number of hydrogen-bond acceptors (Lipinski definition) is 8. The third-order valence-corrected chi connectivity index (χ3v) is 6.89. The summed E-state index contributed by atoms with van der Waals surface area (Å²) in [6.07, 6.45) is 8.82. The Balaban J connectivity index is 1.30. The van der Waals surface area contributed by atoms with Gasteiger partial charge in [-0.3, -0.25) is 19.3 Å². The highest BCUT2D eigenvalue weighted by atomic mass is 19.1. The molecule has 45 heavy (non-hydrogen) atoms. The van der Waals surface area contributed by atoms with Gasteiger partial charge in [0.25, 0.3) is 11.8 Å². The number of aryl methyl sites for hydroxylation is 1. The molecule has 6 aromatic rings. The lowest BCUT2D eigenvalue weighted by molar-refractivity contribution is 0.102. The Bertz CT molecular complexity index is 2130. The SMILES string of the molecule is COc1cc2nccc(Oc3ncc(NC(=O)c4cn(-c5cnn(C)c5)cc(-c5ccc(F)cc5)c4=O)cc3F)c2cc1OC. The lowest BCUT2D eigenvalue weighted by atomic mass is 10.0. The predicted octanol–water partition coefficient (Wildman–Crippen LogP) is 5.52. The molecular formula is C32H24F2N6O5. The summed E-state index contributed by atoms with van der Waals surface area (Å²) in [7, 11) is 4.71. The van der Waals surface area contributed by atoms with Crippen LogP contribution in [0.25, 0.3) is 27.7 Å². The van der Waals surface area contributed by atoms with E-state index in [-0.39, 0.29) is 28.4 Å². The number of pyridine rings is 3. The number of nitrogens with zero attached hydrogens (tertiary/aromatic N) is 5. The zero-order valence-electron chi connectivity index (χ0n) is 24.1. The number of carbonyl (C=O) groups is 1. The molecule has 1 N–H and O–H groups in total. The normalized spacial score (nSPS) is 11.0. The number of benzene rings is 2. The second-order valence-electron chi connectivity index (χ2n) is 9.80. The zero-order chi connectivity index (χ0) is 31.7. The summed E-state index contributed by atoms with van der Waals surface area (Å²) in [4.78, 5) is 35.2. The third-order valence-electron chi connectivity index (χ3n) is 6.89. The maximum absolute atomic E-state index is 15.2. The van der Waals surface area contributed by atoms with E-state index in [1.54, 1.807) is 46.9 Å². The third kappa shape index (κ3) is 5.78. The van der Waals surface area contributed by atoms with Crippen molar-refractivity contribution in [1.82, 2.24) is 24.3 Å².